The Hall–Kier alpha value is -1.62. The summed E-state index contributed by atoms with van der Waals surface area (Å²) in [7, 11) is 0. The molecule has 1 aliphatic heterocycles. The predicted octanol–water partition coefficient (Wildman–Crippen LogP) is 12.0. The summed E-state index contributed by atoms with van der Waals surface area (Å²) in [4.78, 5) is 24.6. The van der Waals surface area contributed by atoms with Crippen molar-refractivity contribution in [2.24, 2.45) is 11.8 Å². The van der Waals surface area contributed by atoms with Crippen LogP contribution in [0, 0.1) is 11.8 Å². The van der Waals surface area contributed by atoms with Gasteiger partial charge in [-0.25, -0.2) is 0 Å². The van der Waals surface area contributed by atoms with Gasteiger partial charge >= 0.3 is 11.9 Å². The maximum Gasteiger partial charge on any atom is 0.305 e. The van der Waals surface area contributed by atoms with Gasteiger partial charge < -0.3 is 14.8 Å². The van der Waals surface area contributed by atoms with Crippen LogP contribution >= 0.6 is 0 Å². The zero-order valence-corrected chi connectivity index (χ0v) is 31.2. The number of esters is 2. The van der Waals surface area contributed by atoms with Crippen molar-refractivity contribution in [3.05, 3.63) is 24.3 Å². The fourth-order valence-electron chi connectivity index (χ4n) is 6.40. The van der Waals surface area contributed by atoms with E-state index in [1.165, 1.54) is 141 Å². The minimum Gasteiger partial charge on any atom is -0.465 e. The Morgan fingerprint density at radius 3 is 1.11 bits per heavy atom. The summed E-state index contributed by atoms with van der Waals surface area (Å²) in [5, 5.41) is 3.38. The molecule has 0 amide bonds. The lowest BCUT2D eigenvalue weighted by Gasteiger charge is -2.18. The van der Waals surface area contributed by atoms with Crippen molar-refractivity contribution in [3.63, 3.8) is 0 Å². The van der Waals surface area contributed by atoms with Gasteiger partial charge in [-0.2, -0.15) is 0 Å². The molecule has 0 spiro atoms. The molecule has 0 aromatic carbocycles. The molecule has 1 N–H and O–H groups in total. The highest BCUT2D eigenvalue weighted by Gasteiger charge is 2.29. The minimum atomic E-state index is -0.0885. The van der Waals surface area contributed by atoms with Crippen molar-refractivity contribution >= 4 is 11.9 Å². The average Bonchev–Trinajstić information content (AvgIpc) is 3.53. The molecule has 0 radical (unpaired) electrons. The van der Waals surface area contributed by atoms with Crippen molar-refractivity contribution in [2.75, 3.05) is 26.3 Å². The van der Waals surface area contributed by atoms with E-state index in [4.69, 9.17) is 9.47 Å². The Bertz CT molecular complexity index is 702. The van der Waals surface area contributed by atoms with Gasteiger partial charge in [0.25, 0.3) is 0 Å². The molecule has 0 aromatic heterocycles. The molecule has 0 aromatic rings. The van der Waals surface area contributed by atoms with Crippen LogP contribution in [-0.4, -0.2) is 38.2 Å². The third-order valence-electron chi connectivity index (χ3n) is 9.68. The van der Waals surface area contributed by atoms with Crippen molar-refractivity contribution in [3.8, 4) is 0 Å². The van der Waals surface area contributed by atoms with E-state index in [1.807, 2.05) is 0 Å². The van der Waals surface area contributed by atoms with E-state index < -0.39 is 0 Å². The van der Waals surface area contributed by atoms with E-state index in [9.17, 15) is 9.59 Å². The molecule has 274 valence electrons. The summed E-state index contributed by atoms with van der Waals surface area (Å²) in [6.07, 6.45) is 43.0. The SMILES string of the molecule is CCCCCCCC/C=C\CCCCCCCC(=O)OC[C@H]1CNC[C@@H]1COC(=O)CCCCCCC/C=C\CCCCCCCC. The predicted molar refractivity (Wildman–Crippen MR) is 201 cm³/mol. The Balaban J connectivity index is 1.93. The molecule has 2 atom stereocenters. The maximum absolute atomic E-state index is 12.3. The molecule has 0 unspecified atom stereocenters. The molecule has 5 heteroatoms. The summed E-state index contributed by atoms with van der Waals surface area (Å²) < 4.78 is 11.2. The number of nitrogens with one attached hydrogen (secondary N) is 1. The number of hydrogen-bond acceptors (Lipinski definition) is 5. The Labute approximate surface area is 291 Å². The zero-order valence-electron chi connectivity index (χ0n) is 31.2. The number of carbonyl (C=O) groups is 2. The van der Waals surface area contributed by atoms with Crippen molar-refractivity contribution in [1.82, 2.24) is 5.32 Å². The fourth-order valence-corrected chi connectivity index (χ4v) is 6.40. The van der Waals surface area contributed by atoms with Crippen LogP contribution in [0.5, 0.6) is 0 Å². The van der Waals surface area contributed by atoms with Crippen LogP contribution in [0.2, 0.25) is 0 Å². The van der Waals surface area contributed by atoms with Crippen molar-refractivity contribution < 1.29 is 19.1 Å². The van der Waals surface area contributed by atoms with E-state index in [1.54, 1.807) is 0 Å². The lowest BCUT2D eigenvalue weighted by Crippen LogP contribution is -2.25. The van der Waals surface area contributed by atoms with Crippen LogP contribution in [0.15, 0.2) is 24.3 Å². The van der Waals surface area contributed by atoms with E-state index in [-0.39, 0.29) is 23.8 Å². The summed E-state index contributed by atoms with van der Waals surface area (Å²) in [6.45, 7) is 7.02. The summed E-state index contributed by atoms with van der Waals surface area (Å²) >= 11 is 0. The number of unbranched alkanes of at least 4 members (excludes halogenated alkanes) is 22. The first-order valence-corrected chi connectivity index (χ1v) is 20.5. The number of rotatable bonds is 34. The van der Waals surface area contributed by atoms with Gasteiger partial charge in [0.2, 0.25) is 0 Å². The Morgan fingerprint density at radius 2 is 0.766 bits per heavy atom. The van der Waals surface area contributed by atoms with E-state index in [0.29, 0.717) is 26.1 Å². The monoisotopic (exact) mass is 660 g/mol. The third-order valence-corrected chi connectivity index (χ3v) is 9.68. The highest BCUT2D eigenvalue weighted by molar-refractivity contribution is 5.69. The molecule has 47 heavy (non-hydrogen) atoms. The second-order valence-electron chi connectivity index (χ2n) is 14.2. The molecule has 1 saturated heterocycles. The molecule has 0 aliphatic carbocycles. The molecule has 5 nitrogen and oxygen atoms in total. The molecule has 1 rings (SSSR count). The molecule has 0 saturated carbocycles. The van der Waals surface area contributed by atoms with Crippen molar-refractivity contribution in [2.45, 2.75) is 194 Å². The first kappa shape index (κ1) is 43.4. The highest BCUT2D eigenvalue weighted by Crippen LogP contribution is 2.19. The van der Waals surface area contributed by atoms with Crippen LogP contribution in [0.3, 0.4) is 0 Å². The van der Waals surface area contributed by atoms with E-state index in [2.05, 4.69) is 43.5 Å². The lowest BCUT2D eigenvalue weighted by atomic mass is 9.98. The van der Waals surface area contributed by atoms with Crippen LogP contribution in [0.4, 0.5) is 0 Å². The molecule has 1 fully saturated rings. The van der Waals surface area contributed by atoms with Crippen LogP contribution in [-0.2, 0) is 19.1 Å². The second kappa shape index (κ2) is 34.3. The van der Waals surface area contributed by atoms with Gasteiger partial charge in [0, 0.05) is 37.8 Å². The normalized spacial score (nSPS) is 16.5. The summed E-state index contributed by atoms with van der Waals surface area (Å²) in [6, 6.07) is 0. The number of carbonyl (C=O) groups excluding carboxylic acids is 2. The van der Waals surface area contributed by atoms with E-state index >= 15 is 0 Å². The topological polar surface area (TPSA) is 64.6 Å². The smallest absolute Gasteiger partial charge is 0.305 e. The number of hydrogen-bond donors (Lipinski definition) is 1. The van der Waals surface area contributed by atoms with Crippen LogP contribution in [0.1, 0.15) is 194 Å². The van der Waals surface area contributed by atoms with Gasteiger partial charge in [0.05, 0.1) is 13.2 Å². The first-order chi connectivity index (χ1) is 23.2. The van der Waals surface area contributed by atoms with Crippen molar-refractivity contribution in [1.29, 1.82) is 0 Å². The Morgan fingerprint density at radius 1 is 0.468 bits per heavy atom. The molecular weight excluding hydrogens is 582 g/mol. The van der Waals surface area contributed by atoms with Crippen LogP contribution in [0.25, 0.3) is 0 Å². The maximum atomic E-state index is 12.3. The quantitative estimate of drug-likeness (QED) is 0.0423. The van der Waals surface area contributed by atoms with E-state index in [0.717, 1.165) is 38.8 Å². The lowest BCUT2D eigenvalue weighted by molar-refractivity contribution is -0.149. The van der Waals surface area contributed by atoms with Gasteiger partial charge in [-0.1, -0.05) is 141 Å². The molecular formula is C42H77NO4. The highest BCUT2D eigenvalue weighted by atomic mass is 16.5. The van der Waals surface area contributed by atoms with Crippen LogP contribution < -0.4 is 5.32 Å². The zero-order chi connectivity index (χ0) is 33.9. The number of ether oxygens (including phenoxy) is 2. The Kier molecular flexibility index (Phi) is 31.6. The standard InChI is InChI=1S/C42H77NO4/c1-3-5-7-9-11-13-15-17-19-21-23-25-27-29-31-33-41(44)46-37-39-35-43-36-40(39)38-47-42(45)34-32-30-28-26-24-22-20-18-16-14-12-10-8-6-4-2/h17-20,39-40,43H,3-16,21-38H2,1-2H3/b19-17-,20-18-/t39-,40-/m1/s1. The largest absolute Gasteiger partial charge is 0.465 e. The van der Waals surface area contributed by atoms with Gasteiger partial charge in [0.15, 0.2) is 0 Å². The molecule has 0 bridgehead atoms. The molecule has 1 heterocycles. The van der Waals surface area contributed by atoms with Gasteiger partial charge in [-0.05, 0) is 64.2 Å². The van der Waals surface area contributed by atoms with Gasteiger partial charge in [-0.3, -0.25) is 9.59 Å². The second-order valence-corrected chi connectivity index (χ2v) is 14.2. The van der Waals surface area contributed by atoms with Gasteiger partial charge in [-0.15, -0.1) is 0 Å². The number of allylic oxidation sites excluding steroid dienone is 4. The molecule has 1 aliphatic rings. The summed E-state index contributed by atoms with van der Waals surface area (Å²) in [5.74, 6) is 0.269. The van der Waals surface area contributed by atoms with Gasteiger partial charge in [0.1, 0.15) is 0 Å². The summed E-state index contributed by atoms with van der Waals surface area (Å²) in [5.41, 5.74) is 0. The fraction of sp³-hybridized carbons (Fsp3) is 0.857. The first-order valence-electron chi connectivity index (χ1n) is 20.5. The third kappa shape index (κ3) is 29.1. The minimum absolute atomic E-state index is 0.0885. The average molecular weight is 660 g/mol.